The highest BCUT2D eigenvalue weighted by molar-refractivity contribution is 9.11. The molecule has 0 aliphatic rings. The van der Waals surface area contributed by atoms with Crippen LogP contribution in [-0.2, 0) is 4.79 Å². The molecule has 0 aromatic heterocycles. The van der Waals surface area contributed by atoms with Gasteiger partial charge in [0.05, 0.1) is 5.69 Å². The van der Waals surface area contributed by atoms with Gasteiger partial charge in [-0.3, -0.25) is 4.79 Å². The number of nitrogens with one attached hydrogen (secondary N) is 1. The SMILES string of the molecule is CC(C)C(C(=O)Nc1ccc(Br)cc1Br)C(N)=NO. The van der Waals surface area contributed by atoms with Gasteiger partial charge in [0.15, 0.2) is 5.84 Å². The Kier molecular flexibility index (Phi) is 5.81. The van der Waals surface area contributed by atoms with Crippen molar-refractivity contribution in [3.05, 3.63) is 27.1 Å². The van der Waals surface area contributed by atoms with E-state index in [0.717, 1.165) is 8.95 Å². The average molecular weight is 393 g/mol. The molecule has 5 nitrogen and oxygen atoms in total. The summed E-state index contributed by atoms with van der Waals surface area (Å²) in [6.45, 7) is 3.66. The topological polar surface area (TPSA) is 87.7 Å². The zero-order valence-electron chi connectivity index (χ0n) is 10.5. The molecule has 0 saturated heterocycles. The van der Waals surface area contributed by atoms with E-state index in [1.54, 1.807) is 6.07 Å². The Hall–Kier alpha value is -1.08. The van der Waals surface area contributed by atoms with Crippen molar-refractivity contribution in [1.29, 1.82) is 0 Å². The van der Waals surface area contributed by atoms with Gasteiger partial charge in [-0.1, -0.05) is 34.9 Å². The number of nitrogens with two attached hydrogens (primary N) is 1. The molecule has 1 aromatic rings. The number of amidine groups is 1. The number of nitrogens with zero attached hydrogens (tertiary/aromatic N) is 1. The van der Waals surface area contributed by atoms with Crippen LogP contribution in [0.2, 0.25) is 0 Å². The van der Waals surface area contributed by atoms with Gasteiger partial charge in [0.2, 0.25) is 5.91 Å². The molecule has 0 radical (unpaired) electrons. The summed E-state index contributed by atoms with van der Waals surface area (Å²) in [5.74, 6) is -1.17. The third-order valence-electron chi connectivity index (χ3n) is 2.57. The first kappa shape index (κ1) is 16.0. The van der Waals surface area contributed by atoms with Gasteiger partial charge in [-0.05, 0) is 40.0 Å². The minimum absolute atomic E-state index is 0.0786. The van der Waals surface area contributed by atoms with Crippen molar-refractivity contribution >= 4 is 49.3 Å². The fourth-order valence-electron chi connectivity index (χ4n) is 1.64. The van der Waals surface area contributed by atoms with Crippen LogP contribution in [0, 0.1) is 11.8 Å². The van der Waals surface area contributed by atoms with Crippen LogP contribution in [0.25, 0.3) is 0 Å². The van der Waals surface area contributed by atoms with Crippen LogP contribution in [0.1, 0.15) is 13.8 Å². The summed E-state index contributed by atoms with van der Waals surface area (Å²) in [5, 5.41) is 14.4. The molecule has 0 aliphatic carbocycles. The normalized spacial score (nSPS) is 13.4. The highest BCUT2D eigenvalue weighted by Gasteiger charge is 2.27. The van der Waals surface area contributed by atoms with Crippen molar-refractivity contribution in [2.45, 2.75) is 13.8 Å². The lowest BCUT2D eigenvalue weighted by Gasteiger charge is -2.19. The highest BCUT2D eigenvalue weighted by Crippen LogP contribution is 2.27. The Morgan fingerprint density at radius 1 is 1.42 bits per heavy atom. The van der Waals surface area contributed by atoms with Crippen molar-refractivity contribution in [1.82, 2.24) is 0 Å². The number of amides is 1. The summed E-state index contributed by atoms with van der Waals surface area (Å²) in [6, 6.07) is 5.40. The number of rotatable bonds is 4. The van der Waals surface area contributed by atoms with Gasteiger partial charge in [-0.2, -0.15) is 0 Å². The Balaban J connectivity index is 2.94. The summed E-state index contributed by atoms with van der Waals surface area (Å²) >= 11 is 6.69. The zero-order valence-corrected chi connectivity index (χ0v) is 13.7. The van der Waals surface area contributed by atoms with Crippen LogP contribution < -0.4 is 11.1 Å². The largest absolute Gasteiger partial charge is 0.409 e. The van der Waals surface area contributed by atoms with Crippen molar-refractivity contribution < 1.29 is 10.0 Å². The summed E-state index contributed by atoms with van der Waals surface area (Å²) in [7, 11) is 0. The van der Waals surface area contributed by atoms with E-state index in [1.165, 1.54) is 0 Å². The van der Waals surface area contributed by atoms with E-state index in [-0.39, 0.29) is 17.7 Å². The minimum atomic E-state index is -0.680. The molecule has 0 aliphatic heterocycles. The second-order valence-corrected chi connectivity index (χ2v) is 6.13. The fraction of sp³-hybridized carbons (Fsp3) is 0.333. The van der Waals surface area contributed by atoms with Gasteiger partial charge >= 0.3 is 0 Å². The molecule has 7 heteroatoms. The Bertz CT molecular complexity index is 504. The first-order chi connectivity index (χ1) is 8.86. The maximum atomic E-state index is 12.2. The number of hydrogen-bond donors (Lipinski definition) is 3. The summed E-state index contributed by atoms with van der Waals surface area (Å²) in [4.78, 5) is 12.2. The summed E-state index contributed by atoms with van der Waals surface area (Å²) in [6.07, 6.45) is 0. The molecule has 4 N–H and O–H groups in total. The number of carbonyl (C=O) groups is 1. The quantitative estimate of drug-likeness (QED) is 0.318. The lowest BCUT2D eigenvalue weighted by Crippen LogP contribution is -2.38. The molecule has 1 atom stereocenters. The number of carbonyl (C=O) groups excluding carboxylic acids is 1. The van der Waals surface area contributed by atoms with E-state index >= 15 is 0 Å². The van der Waals surface area contributed by atoms with Crippen LogP contribution >= 0.6 is 31.9 Å². The smallest absolute Gasteiger partial charge is 0.235 e. The Morgan fingerprint density at radius 2 is 2.05 bits per heavy atom. The molecular formula is C12H15Br2N3O2. The molecule has 104 valence electrons. The minimum Gasteiger partial charge on any atom is -0.409 e. The standard InChI is InChI=1S/C12H15Br2N3O2/c1-6(2)10(11(15)17-19)12(18)16-9-4-3-7(13)5-8(9)14/h3-6,10,19H,1-2H3,(H2,15,17)(H,16,18). The second kappa shape index (κ2) is 6.91. The molecule has 1 aromatic carbocycles. The van der Waals surface area contributed by atoms with Gasteiger partial charge in [0.25, 0.3) is 0 Å². The van der Waals surface area contributed by atoms with Crippen molar-refractivity contribution in [3.8, 4) is 0 Å². The molecular weight excluding hydrogens is 378 g/mol. The molecule has 0 saturated carbocycles. The third kappa shape index (κ3) is 4.21. The van der Waals surface area contributed by atoms with E-state index in [4.69, 9.17) is 10.9 Å². The van der Waals surface area contributed by atoms with Crippen LogP contribution in [0.3, 0.4) is 0 Å². The number of oxime groups is 1. The number of benzene rings is 1. The Morgan fingerprint density at radius 3 is 2.53 bits per heavy atom. The molecule has 0 fully saturated rings. The van der Waals surface area contributed by atoms with Gasteiger partial charge < -0.3 is 16.3 Å². The maximum Gasteiger partial charge on any atom is 0.235 e. The number of halogens is 2. The van der Waals surface area contributed by atoms with E-state index < -0.39 is 5.92 Å². The predicted molar refractivity (Wildman–Crippen MR) is 82.2 cm³/mol. The van der Waals surface area contributed by atoms with Crippen LogP contribution in [0.5, 0.6) is 0 Å². The Labute approximate surface area is 128 Å². The molecule has 1 rings (SSSR count). The summed E-state index contributed by atoms with van der Waals surface area (Å²) in [5.41, 5.74) is 6.18. The van der Waals surface area contributed by atoms with Gasteiger partial charge in [-0.25, -0.2) is 0 Å². The molecule has 0 bridgehead atoms. The van der Waals surface area contributed by atoms with Crippen LogP contribution in [0.4, 0.5) is 5.69 Å². The molecule has 1 amide bonds. The van der Waals surface area contributed by atoms with Crippen LogP contribution in [0.15, 0.2) is 32.3 Å². The molecule has 19 heavy (non-hydrogen) atoms. The first-order valence-electron chi connectivity index (χ1n) is 5.60. The highest BCUT2D eigenvalue weighted by atomic mass is 79.9. The zero-order chi connectivity index (χ0) is 14.6. The lowest BCUT2D eigenvalue weighted by atomic mass is 9.94. The van der Waals surface area contributed by atoms with E-state index in [0.29, 0.717) is 5.69 Å². The van der Waals surface area contributed by atoms with Gasteiger partial charge in [-0.15, -0.1) is 0 Å². The lowest BCUT2D eigenvalue weighted by molar-refractivity contribution is -0.119. The third-order valence-corrected chi connectivity index (χ3v) is 3.72. The van der Waals surface area contributed by atoms with Crippen molar-refractivity contribution in [2.75, 3.05) is 5.32 Å². The number of hydrogen-bond acceptors (Lipinski definition) is 3. The average Bonchev–Trinajstić information content (AvgIpc) is 2.32. The second-order valence-electron chi connectivity index (χ2n) is 4.36. The van der Waals surface area contributed by atoms with E-state index in [1.807, 2.05) is 26.0 Å². The first-order valence-corrected chi connectivity index (χ1v) is 7.18. The monoisotopic (exact) mass is 391 g/mol. The van der Waals surface area contributed by atoms with Crippen LogP contribution in [-0.4, -0.2) is 17.0 Å². The maximum absolute atomic E-state index is 12.2. The van der Waals surface area contributed by atoms with Gasteiger partial charge in [0, 0.05) is 8.95 Å². The molecule has 0 spiro atoms. The number of anilines is 1. The predicted octanol–water partition coefficient (Wildman–Crippen LogP) is 3.17. The van der Waals surface area contributed by atoms with E-state index in [2.05, 4.69) is 42.3 Å². The van der Waals surface area contributed by atoms with Crippen molar-refractivity contribution in [3.63, 3.8) is 0 Å². The van der Waals surface area contributed by atoms with Crippen molar-refractivity contribution in [2.24, 2.45) is 22.7 Å². The van der Waals surface area contributed by atoms with E-state index in [9.17, 15) is 4.79 Å². The molecule has 0 heterocycles. The fourth-order valence-corrected chi connectivity index (χ4v) is 2.79. The summed E-state index contributed by atoms with van der Waals surface area (Å²) < 4.78 is 1.64. The molecule has 1 unspecified atom stereocenters. The van der Waals surface area contributed by atoms with Gasteiger partial charge in [0.1, 0.15) is 5.92 Å².